The standard InChI is InChI=1S/C17H26O3.C8H18O/c1-16(2,3)12-9-11(7-8-14(18)19)15(20)13(10-12)17(4,5)6;1-8(2)6-4-3-5-7-9/h9-10,20H,7-8H2,1-6H3,(H,18,19);8-9H,3-7H2,1-2H3. The molecule has 1 rings (SSSR count). The zero-order chi connectivity index (χ0) is 22.8. The van der Waals surface area contributed by atoms with Crippen LogP contribution in [0.2, 0.25) is 0 Å². The van der Waals surface area contributed by atoms with Crippen LogP contribution < -0.4 is 0 Å². The third-order valence-electron chi connectivity index (χ3n) is 4.91. The highest BCUT2D eigenvalue weighted by molar-refractivity contribution is 5.67. The van der Waals surface area contributed by atoms with E-state index in [1.165, 1.54) is 19.3 Å². The molecule has 1 aromatic carbocycles. The predicted octanol–water partition coefficient (Wildman–Crippen LogP) is 6.20. The molecule has 1 aromatic rings. The Bertz CT molecular complexity index is 619. The summed E-state index contributed by atoms with van der Waals surface area (Å²) in [5.74, 6) is 0.221. The minimum absolute atomic E-state index is 0.0325. The van der Waals surface area contributed by atoms with Gasteiger partial charge < -0.3 is 15.3 Å². The number of hydrogen-bond donors (Lipinski definition) is 3. The average Bonchev–Trinajstić information content (AvgIpc) is 2.56. The van der Waals surface area contributed by atoms with Gasteiger partial charge in [-0.3, -0.25) is 4.79 Å². The molecule has 0 fully saturated rings. The van der Waals surface area contributed by atoms with E-state index in [9.17, 15) is 9.90 Å². The highest BCUT2D eigenvalue weighted by atomic mass is 16.4. The second kappa shape index (κ2) is 12.2. The predicted molar refractivity (Wildman–Crippen MR) is 122 cm³/mol. The quantitative estimate of drug-likeness (QED) is 0.448. The largest absolute Gasteiger partial charge is 0.507 e. The summed E-state index contributed by atoms with van der Waals surface area (Å²) in [4.78, 5) is 10.8. The fourth-order valence-electron chi connectivity index (χ4n) is 2.97. The number of phenols is 1. The zero-order valence-electron chi connectivity index (χ0n) is 19.9. The SMILES string of the molecule is CC(C)(C)c1cc(CCC(=O)O)c(O)c(C(C)(C)C)c1.CC(C)CCCCCO. The minimum Gasteiger partial charge on any atom is -0.507 e. The van der Waals surface area contributed by atoms with E-state index in [0.717, 1.165) is 29.0 Å². The van der Waals surface area contributed by atoms with Gasteiger partial charge in [-0.15, -0.1) is 0 Å². The van der Waals surface area contributed by atoms with Gasteiger partial charge in [0, 0.05) is 13.0 Å². The molecule has 0 atom stereocenters. The van der Waals surface area contributed by atoms with Crippen LogP contribution in [-0.2, 0) is 22.0 Å². The van der Waals surface area contributed by atoms with E-state index in [1.54, 1.807) is 0 Å². The number of benzene rings is 1. The Labute approximate surface area is 178 Å². The minimum atomic E-state index is -0.845. The molecule has 0 aromatic heterocycles. The van der Waals surface area contributed by atoms with Gasteiger partial charge in [-0.2, -0.15) is 0 Å². The van der Waals surface area contributed by atoms with Crippen molar-refractivity contribution in [2.75, 3.05) is 6.61 Å². The van der Waals surface area contributed by atoms with Crippen LogP contribution in [0, 0.1) is 5.92 Å². The van der Waals surface area contributed by atoms with Gasteiger partial charge in [0.1, 0.15) is 5.75 Å². The van der Waals surface area contributed by atoms with Crippen molar-refractivity contribution >= 4 is 5.97 Å². The first-order valence-corrected chi connectivity index (χ1v) is 10.9. The normalized spacial score (nSPS) is 11.9. The second-order valence-electron chi connectivity index (χ2n) is 10.4. The summed E-state index contributed by atoms with van der Waals surface area (Å²) in [6.45, 7) is 17.3. The molecule has 0 aliphatic heterocycles. The third kappa shape index (κ3) is 11.3. The van der Waals surface area contributed by atoms with Crippen LogP contribution in [0.25, 0.3) is 0 Å². The van der Waals surface area contributed by atoms with Gasteiger partial charge in [0.2, 0.25) is 0 Å². The van der Waals surface area contributed by atoms with E-state index in [-0.39, 0.29) is 23.0 Å². The van der Waals surface area contributed by atoms with Crippen LogP contribution in [0.1, 0.15) is 104 Å². The van der Waals surface area contributed by atoms with E-state index >= 15 is 0 Å². The van der Waals surface area contributed by atoms with Gasteiger partial charge in [-0.05, 0) is 46.3 Å². The first kappa shape index (κ1) is 27.5. The number of aromatic hydroxyl groups is 1. The molecular weight excluding hydrogens is 364 g/mol. The van der Waals surface area contributed by atoms with Crippen molar-refractivity contribution in [1.29, 1.82) is 0 Å². The summed E-state index contributed by atoms with van der Waals surface area (Å²) in [6.07, 6.45) is 5.14. The van der Waals surface area contributed by atoms with Gasteiger partial charge in [0.25, 0.3) is 0 Å². The van der Waals surface area contributed by atoms with Crippen LogP contribution >= 0.6 is 0 Å². The van der Waals surface area contributed by atoms with Crippen molar-refractivity contribution in [2.24, 2.45) is 5.92 Å². The molecule has 0 aliphatic rings. The number of carboxylic acid groups (broad SMARTS) is 1. The number of carboxylic acids is 1. The molecule has 0 heterocycles. The summed E-state index contributed by atoms with van der Waals surface area (Å²) in [6, 6.07) is 3.98. The third-order valence-corrected chi connectivity index (χ3v) is 4.91. The van der Waals surface area contributed by atoms with Crippen molar-refractivity contribution in [2.45, 2.75) is 105 Å². The number of carbonyl (C=O) groups is 1. The Balaban J connectivity index is 0.000000734. The Kier molecular flexibility index (Phi) is 11.6. The molecule has 29 heavy (non-hydrogen) atoms. The molecule has 0 amide bonds. The summed E-state index contributed by atoms with van der Waals surface area (Å²) in [7, 11) is 0. The summed E-state index contributed by atoms with van der Waals surface area (Å²) in [5, 5.41) is 27.7. The van der Waals surface area contributed by atoms with Gasteiger partial charge in [0.15, 0.2) is 0 Å². The Morgan fingerprint density at radius 2 is 1.55 bits per heavy atom. The van der Waals surface area contributed by atoms with Gasteiger partial charge >= 0.3 is 5.97 Å². The van der Waals surface area contributed by atoms with Crippen LogP contribution in [0.5, 0.6) is 5.75 Å². The molecule has 168 valence electrons. The smallest absolute Gasteiger partial charge is 0.303 e. The number of aliphatic hydroxyl groups excluding tert-OH is 1. The number of unbranched alkanes of at least 4 members (excludes halogenated alkanes) is 2. The Hall–Kier alpha value is -1.55. The lowest BCUT2D eigenvalue weighted by atomic mass is 9.78. The number of aryl methyl sites for hydroxylation is 1. The maximum atomic E-state index is 10.8. The maximum absolute atomic E-state index is 10.8. The van der Waals surface area contributed by atoms with E-state index in [4.69, 9.17) is 10.2 Å². The summed E-state index contributed by atoms with van der Waals surface area (Å²) >= 11 is 0. The molecule has 0 radical (unpaired) electrons. The molecule has 4 heteroatoms. The lowest BCUT2D eigenvalue weighted by Crippen LogP contribution is -2.17. The van der Waals surface area contributed by atoms with Gasteiger partial charge in [0.05, 0.1) is 0 Å². The molecule has 0 bridgehead atoms. The van der Waals surface area contributed by atoms with Crippen molar-refractivity contribution in [1.82, 2.24) is 0 Å². The first-order chi connectivity index (χ1) is 13.2. The lowest BCUT2D eigenvalue weighted by molar-refractivity contribution is -0.136. The fourth-order valence-corrected chi connectivity index (χ4v) is 2.97. The summed E-state index contributed by atoms with van der Waals surface area (Å²) < 4.78 is 0. The molecule has 3 N–H and O–H groups in total. The van der Waals surface area contributed by atoms with Crippen LogP contribution in [0.3, 0.4) is 0 Å². The molecule has 0 aliphatic carbocycles. The van der Waals surface area contributed by atoms with Gasteiger partial charge in [-0.1, -0.05) is 86.8 Å². The fraction of sp³-hybridized carbons (Fsp3) is 0.720. The van der Waals surface area contributed by atoms with Crippen LogP contribution in [0.4, 0.5) is 0 Å². The highest BCUT2D eigenvalue weighted by Gasteiger charge is 2.24. The monoisotopic (exact) mass is 408 g/mol. The van der Waals surface area contributed by atoms with Crippen LogP contribution in [-0.4, -0.2) is 27.9 Å². The number of aliphatic hydroxyl groups is 1. The second-order valence-corrected chi connectivity index (χ2v) is 10.4. The molecule has 4 nitrogen and oxygen atoms in total. The van der Waals surface area contributed by atoms with Gasteiger partial charge in [-0.25, -0.2) is 0 Å². The Morgan fingerprint density at radius 3 is 1.97 bits per heavy atom. The van der Waals surface area contributed by atoms with E-state index in [0.29, 0.717) is 13.0 Å². The molecule has 0 saturated carbocycles. The number of aliphatic carboxylic acids is 1. The number of phenolic OH excluding ortho intramolecular Hbond substituents is 1. The zero-order valence-corrected chi connectivity index (χ0v) is 19.9. The lowest BCUT2D eigenvalue weighted by Gasteiger charge is -2.27. The average molecular weight is 409 g/mol. The van der Waals surface area contributed by atoms with Crippen LogP contribution in [0.15, 0.2) is 12.1 Å². The Morgan fingerprint density at radius 1 is 0.966 bits per heavy atom. The first-order valence-electron chi connectivity index (χ1n) is 10.9. The molecular formula is C25H44O4. The maximum Gasteiger partial charge on any atom is 0.303 e. The van der Waals surface area contributed by atoms with Crippen molar-refractivity contribution in [3.8, 4) is 5.75 Å². The van der Waals surface area contributed by atoms with Crippen molar-refractivity contribution in [3.05, 3.63) is 28.8 Å². The van der Waals surface area contributed by atoms with E-state index in [2.05, 4.69) is 55.4 Å². The number of rotatable bonds is 8. The summed E-state index contributed by atoms with van der Waals surface area (Å²) in [5.41, 5.74) is 2.52. The van der Waals surface area contributed by atoms with E-state index < -0.39 is 5.97 Å². The molecule has 0 saturated heterocycles. The molecule has 0 spiro atoms. The topological polar surface area (TPSA) is 77.8 Å². The highest BCUT2D eigenvalue weighted by Crippen LogP contribution is 2.38. The number of hydrogen-bond acceptors (Lipinski definition) is 3. The molecule has 0 unspecified atom stereocenters. The van der Waals surface area contributed by atoms with Crippen molar-refractivity contribution < 1.29 is 20.1 Å². The van der Waals surface area contributed by atoms with Crippen molar-refractivity contribution in [3.63, 3.8) is 0 Å². The van der Waals surface area contributed by atoms with E-state index in [1.807, 2.05) is 12.1 Å².